The predicted octanol–water partition coefficient (Wildman–Crippen LogP) is 2.45. The van der Waals surface area contributed by atoms with E-state index < -0.39 is 0 Å². The molecule has 1 aliphatic rings. The zero-order valence-electron chi connectivity index (χ0n) is 11.4. The molecule has 1 rings (SSSR count). The third-order valence-corrected chi connectivity index (χ3v) is 3.84. The minimum absolute atomic E-state index is 0.0769. The number of carbonyl (C=O) groups excluding carboxylic acids is 1. The van der Waals surface area contributed by atoms with E-state index in [9.17, 15) is 4.79 Å². The molecule has 1 aliphatic carbocycles. The minimum atomic E-state index is 0.0769. The molecule has 0 spiro atoms. The van der Waals surface area contributed by atoms with Crippen LogP contribution in [0, 0.1) is 11.8 Å². The lowest BCUT2D eigenvalue weighted by Crippen LogP contribution is -2.40. The van der Waals surface area contributed by atoms with Gasteiger partial charge in [0.2, 0.25) is 5.91 Å². The third kappa shape index (κ3) is 6.06. The normalized spacial score (nSPS) is 20.0. The van der Waals surface area contributed by atoms with E-state index in [1.165, 1.54) is 38.5 Å². The summed E-state index contributed by atoms with van der Waals surface area (Å²) in [5, 5.41) is 2.97. The average molecular weight is 240 g/mol. The molecule has 0 aliphatic heterocycles. The van der Waals surface area contributed by atoms with Gasteiger partial charge in [-0.05, 0) is 24.7 Å². The Balaban J connectivity index is 2.19. The van der Waals surface area contributed by atoms with Gasteiger partial charge in [-0.1, -0.05) is 39.5 Å². The average Bonchev–Trinajstić information content (AvgIpc) is 2.54. The molecule has 0 saturated heterocycles. The summed E-state index contributed by atoms with van der Waals surface area (Å²) in [5.74, 6) is 1.22. The van der Waals surface area contributed by atoms with Gasteiger partial charge in [-0.15, -0.1) is 0 Å². The molecule has 0 aromatic heterocycles. The van der Waals surface area contributed by atoms with Gasteiger partial charge in [0.15, 0.2) is 0 Å². The van der Waals surface area contributed by atoms with Gasteiger partial charge in [0.05, 0.1) is 0 Å². The molecular weight excluding hydrogens is 212 g/mol. The van der Waals surface area contributed by atoms with Gasteiger partial charge in [-0.25, -0.2) is 0 Å². The summed E-state index contributed by atoms with van der Waals surface area (Å²) >= 11 is 0. The van der Waals surface area contributed by atoms with Crippen molar-refractivity contribution in [2.45, 2.75) is 64.8 Å². The molecule has 0 aromatic carbocycles. The van der Waals surface area contributed by atoms with Crippen LogP contribution in [0.25, 0.3) is 0 Å². The highest BCUT2D eigenvalue weighted by atomic mass is 16.1. The van der Waals surface area contributed by atoms with E-state index in [1.807, 2.05) is 0 Å². The Labute approximate surface area is 106 Å². The topological polar surface area (TPSA) is 55.1 Å². The van der Waals surface area contributed by atoms with Gasteiger partial charge in [-0.3, -0.25) is 4.79 Å². The van der Waals surface area contributed by atoms with Gasteiger partial charge in [0.1, 0.15) is 0 Å². The maximum atomic E-state index is 11.8. The van der Waals surface area contributed by atoms with E-state index in [4.69, 9.17) is 5.73 Å². The summed E-state index contributed by atoms with van der Waals surface area (Å²) in [6.07, 6.45) is 8.43. The summed E-state index contributed by atoms with van der Waals surface area (Å²) in [5.41, 5.74) is 5.91. The van der Waals surface area contributed by atoms with Crippen LogP contribution < -0.4 is 11.1 Å². The van der Waals surface area contributed by atoms with E-state index in [0.29, 0.717) is 24.8 Å². The zero-order valence-corrected chi connectivity index (χ0v) is 11.4. The Morgan fingerprint density at radius 1 is 1.24 bits per heavy atom. The number of rotatable bonds is 5. The van der Waals surface area contributed by atoms with E-state index in [1.54, 1.807) is 0 Å². The number of hydrogen-bond donors (Lipinski definition) is 2. The monoisotopic (exact) mass is 240 g/mol. The Kier molecular flexibility index (Phi) is 6.56. The first-order chi connectivity index (χ1) is 8.09. The van der Waals surface area contributed by atoms with Crippen molar-refractivity contribution >= 4 is 5.91 Å². The molecule has 1 saturated carbocycles. The van der Waals surface area contributed by atoms with Crippen LogP contribution >= 0.6 is 0 Å². The quantitative estimate of drug-likeness (QED) is 0.725. The van der Waals surface area contributed by atoms with Crippen LogP contribution in [-0.4, -0.2) is 18.5 Å². The Morgan fingerprint density at radius 2 is 1.82 bits per heavy atom. The summed E-state index contributed by atoms with van der Waals surface area (Å²) in [6.45, 7) is 4.79. The van der Waals surface area contributed by atoms with Crippen LogP contribution in [0.4, 0.5) is 0 Å². The molecule has 0 heterocycles. The number of amides is 1. The lowest BCUT2D eigenvalue weighted by atomic mass is 9.96. The first-order valence-electron chi connectivity index (χ1n) is 7.12. The van der Waals surface area contributed by atoms with E-state index >= 15 is 0 Å². The van der Waals surface area contributed by atoms with E-state index in [2.05, 4.69) is 19.2 Å². The van der Waals surface area contributed by atoms with Crippen molar-refractivity contribution in [2.75, 3.05) is 6.54 Å². The summed E-state index contributed by atoms with van der Waals surface area (Å²) in [4.78, 5) is 11.8. The first-order valence-corrected chi connectivity index (χ1v) is 7.12. The fraction of sp³-hybridized carbons (Fsp3) is 0.929. The van der Waals surface area contributed by atoms with E-state index in [-0.39, 0.29) is 11.9 Å². The Hall–Kier alpha value is -0.570. The second-order valence-corrected chi connectivity index (χ2v) is 5.77. The smallest absolute Gasteiger partial charge is 0.220 e. The molecule has 17 heavy (non-hydrogen) atoms. The standard InChI is InChI=1S/C14H28N2O/c1-11(2)13(15)10-16-14(17)9-12-7-5-3-4-6-8-12/h11-13H,3-10,15H2,1-2H3,(H,16,17). The van der Waals surface area contributed by atoms with Gasteiger partial charge in [-0.2, -0.15) is 0 Å². The first kappa shape index (κ1) is 14.5. The third-order valence-electron chi connectivity index (χ3n) is 3.84. The van der Waals surface area contributed by atoms with Crippen LogP contribution in [0.1, 0.15) is 58.8 Å². The van der Waals surface area contributed by atoms with Gasteiger partial charge < -0.3 is 11.1 Å². The molecule has 3 heteroatoms. The van der Waals surface area contributed by atoms with Crippen LogP contribution in [-0.2, 0) is 4.79 Å². The zero-order chi connectivity index (χ0) is 12.7. The maximum absolute atomic E-state index is 11.8. The summed E-state index contributed by atoms with van der Waals surface area (Å²) < 4.78 is 0. The minimum Gasteiger partial charge on any atom is -0.355 e. The molecule has 0 bridgehead atoms. The van der Waals surface area contributed by atoms with Crippen LogP contribution in [0.5, 0.6) is 0 Å². The fourth-order valence-corrected chi connectivity index (χ4v) is 2.37. The summed E-state index contributed by atoms with van der Waals surface area (Å²) in [7, 11) is 0. The molecule has 0 aromatic rings. The van der Waals surface area contributed by atoms with Gasteiger partial charge in [0, 0.05) is 19.0 Å². The Bertz CT molecular complexity index is 220. The van der Waals surface area contributed by atoms with Crippen molar-refractivity contribution in [2.24, 2.45) is 17.6 Å². The van der Waals surface area contributed by atoms with Crippen LogP contribution in [0.15, 0.2) is 0 Å². The van der Waals surface area contributed by atoms with Gasteiger partial charge >= 0.3 is 0 Å². The fourth-order valence-electron chi connectivity index (χ4n) is 2.37. The van der Waals surface area contributed by atoms with Gasteiger partial charge in [0.25, 0.3) is 0 Å². The van der Waals surface area contributed by atoms with Crippen molar-refractivity contribution in [1.29, 1.82) is 0 Å². The van der Waals surface area contributed by atoms with E-state index in [0.717, 1.165) is 0 Å². The molecule has 100 valence electrons. The molecule has 1 atom stereocenters. The van der Waals surface area contributed by atoms with Crippen molar-refractivity contribution in [3.8, 4) is 0 Å². The van der Waals surface area contributed by atoms with Crippen molar-refractivity contribution in [1.82, 2.24) is 5.32 Å². The van der Waals surface area contributed by atoms with Crippen molar-refractivity contribution in [3.05, 3.63) is 0 Å². The van der Waals surface area contributed by atoms with Crippen LogP contribution in [0.3, 0.4) is 0 Å². The SMILES string of the molecule is CC(C)C(N)CNC(=O)CC1CCCCCC1. The van der Waals surface area contributed by atoms with Crippen molar-refractivity contribution < 1.29 is 4.79 Å². The maximum Gasteiger partial charge on any atom is 0.220 e. The summed E-state index contributed by atoms with van der Waals surface area (Å²) in [6, 6.07) is 0.0769. The molecular formula is C14H28N2O. The second kappa shape index (κ2) is 7.70. The molecule has 1 fully saturated rings. The largest absolute Gasteiger partial charge is 0.355 e. The molecule has 0 radical (unpaired) electrons. The highest BCUT2D eigenvalue weighted by Gasteiger charge is 2.16. The molecule has 3 N–H and O–H groups in total. The lowest BCUT2D eigenvalue weighted by molar-refractivity contribution is -0.122. The highest BCUT2D eigenvalue weighted by molar-refractivity contribution is 5.76. The number of hydrogen-bond acceptors (Lipinski definition) is 2. The second-order valence-electron chi connectivity index (χ2n) is 5.77. The molecule has 1 amide bonds. The molecule has 1 unspecified atom stereocenters. The number of nitrogens with one attached hydrogen (secondary N) is 1. The predicted molar refractivity (Wildman–Crippen MR) is 71.6 cm³/mol. The Morgan fingerprint density at radius 3 is 2.35 bits per heavy atom. The lowest BCUT2D eigenvalue weighted by Gasteiger charge is -2.18. The number of carbonyl (C=O) groups is 1. The number of nitrogens with two attached hydrogens (primary N) is 1. The molecule has 3 nitrogen and oxygen atoms in total. The van der Waals surface area contributed by atoms with Crippen LogP contribution in [0.2, 0.25) is 0 Å². The van der Waals surface area contributed by atoms with Crippen molar-refractivity contribution in [3.63, 3.8) is 0 Å². The highest BCUT2D eigenvalue weighted by Crippen LogP contribution is 2.25.